The molecule has 2 aliphatic carbocycles. The summed E-state index contributed by atoms with van der Waals surface area (Å²) in [5, 5.41) is 8.73. The van der Waals surface area contributed by atoms with Crippen molar-refractivity contribution < 1.29 is 4.79 Å². The molecule has 0 atom stereocenters. The van der Waals surface area contributed by atoms with E-state index in [9.17, 15) is 9.59 Å². The molecule has 0 radical (unpaired) electrons. The van der Waals surface area contributed by atoms with Gasteiger partial charge in [-0.05, 0) is 51.5 Å². The Morgan fingerprint density at radius 2 is 2.00 bits per heavy atom. The minimum atomic E-state index is -0.0116. The molecule has 0 saturated heterocycles. The van der Waals surface area contributed by atoms with Gasteiger partial charge >= 0.3 is 0 Å². The quantitative estimate of drug-likeness (QED) is 0.875. The minimum absolute atomic E-state index is 0.0116. The summed E-state index contributed by atoms with van der Waals surface area (Å²) in [4.78, 5) is 29.6. The summed E-state index contributed by atoms with van der Waals surface area (Å²) in [5.74, 6) is 0.607. The fourth-order valence-electron chi connectivity index (χ4n) is 3.69. The van der Waals surface area contributed by atoms with Gasteiger partial charge in [0.05, 0.1) is 23.2 Å². The Morgan fingerprint density at radius 1 is 1.23 bits per heavy atom. The Morgan fingerprint density at radius 3 is 2.65 bits per heavy atom. The number of nitrogens with one attached hydrogen (secondary N) is 1. The highest BCUT2D eigenvalue weighted by atomic mass is 32.1. The Balaban J connectivity index is 1.32. The highest BCUT2D eigenvalue weighted by molar-refractivity contribution is 7.11. The molecule has 2 saturated carbocycles. The Hall–Kier alpha value is -2.02. The average molecular weight is 372 g/mol. The molecule has 2 aromatic rings. The van der Waals surface area contributed by atoms with Gasteiger partial charge < -0.3 is 5.32 Å². The van der Waals surface area contributed by atoms with Gasteiger partial charge in [-0.25, -0.2) is 9.67 Å². The third-order valence-electron chi connectivity index (χ3n) is 5.25. The van der Waals surface area contributed by atoms with Crippen LogP contribution in [0, 0.1) is 6.92 Å². The number of hydrogen-bond donors (Lipinski definition) is 1. The fourth-order valence-corrected chi connectivity index (χ4v) is 4.48. The molecule has 2 heterocycles. The molecule has 0 bridgehead atoms. The van der Waals surface area contributed by atoms with Gasteiger partial charge in [-0.1, -0.05) is 0 Å². The van der Waals surface area contributed by atoms with Crippen LogP contribution in [0.4, 0.5) is 0 Å². The molecular weight excluding hydrogens is 348 g/mol. The first kappa shape index (κ1) is 17.4. The summed E-state index contributed by atoms with van der Waals surface area (Å²) >= 11 is 1.57. The fraction of sp³-hybridized carbons (Fsp3) is 0.579. The average Bonchev–Trinajstić information content (AvgIpc) is 3.39. The maximum Gasteiger partial charge on any atom is 0.267 e. The summed E-state index contributed by atoms with van der Waals surface area (Å²) in [7, 11) is 0. The lowest BCUT2D eigenvalue weighted by molar-refractivity contribution is -0.121. The van der Waals surface area contributed by atoms with Crippen LogP contribution in [0.2, 0.25) is 0 Å². The SMILES string of the molecule is Cc1ncc(CC(=O)NC2CCC(n3nc(C4CC4)ccc3=O)CC2)s1. The third kappa shape index (κ3) is 4.03. The largest absolute Gasteiger partial charge is 0.353 e. The van der Waals surface area contributed by atoms with Gasteiger partial charge in [0, 0.05) is 29.1 Å². The van der Waals surface area contributed by atoms with Crippen molar-refractivity contribution in [3.05, 3.63) is 44.3 Å². The number of carbonyl (C=O) groups excluding carboxylic acids is 1. The summed E-state index contributed by atoms with van der Waals surface area (Å²) in [6.45, 7) is 1.95. The molecule has 0 aliphatic heterocycles. The van der Waals surface area contributed by atoms with Crippen LogP contribution in [0.1, 0.15) is 66.1 Å². The highest BCUT2D eigenvalue weighted by Crippen LogP contribution is 2.38. The van der Waals surface area contributed by atoms with E-state index in [0.29, 0.717) is 12.3 Å². The Labute approximate surface area is 156 Å². The van der Waals surface area contributed by atoms with Crippen LogP contribution in [0.25, 0.3) is 0 Å². The van der Waals surface area contributed by atoms with E-state index in [1.165, 1.54) is 12.8 Å². The van der Waals surface area contributed by atoms with E-state index >= 15 is 0 Å². The zero-order chi connectivity index (χ0) is 18.1. The molecule has 0 aromatic carbocycles. The van der Waals surface area contributed by atoms with E-state index in [2.05, 4.69) is 15.4 Å². The standard InChI is InChI=1S/C19H24N4O2S/c1-12-20-11-16(26-12)10-18(24)21-14-4-6-15(7-5-14)23-19(25)9-8-17(22-23)13-2-3-13/h8-9,11,13-15H,2-7,10H2,1H3,(H,21,24). The molecule has 6 nitrogen and oxygen atoms in total. The maximum atomic E-state index is 12.2. The molecule has 0 unspecified atom stereocenters. The van der Waals surface area contributed by atoms with Crippen LogP contribution in [-0.4, -0.2) is 26.7 Å². The second-order valence-corrected chi connectivity index (χ2v) is 8.73. The molecule has 138 valence electrons. The number of aryl methyl sites for hydroxylation is 1. The first-order chi connectivity index (χ1) is 12.6. The summed E-state index contributed by atoms with van der Waals surface area (Å²) in [5.41, 5.74) is 1.04. The molecule has 2 aliphatic rings. The van der Waals surface area contributed by atoms with Gasteiger partial charge in [0.2, 0.25) is 5.91 Å². The van der Waals surface area contributed by atoms with Crippen molar-refractivity contribution in [1.82, 2.24) is 20.1 Å². The van der Waals surface area contributed by atoms with E-state index in [0.717, 1.165) is 41.3 Å². The third-order valence-corrected chi connectivity index (χ3v) is 6.17. The van der Waals surface area contributed by atoms with Crippen LogP contribution in [0.5, 0.6) is 0 Å². The van der Waals surface area contributed by atoms with Gasteiger partial charge in [-0.2, -0.15) is 5.10 Å². The zero-order valence-corrected chi connectivity index (χ0v) is 15.8. The molecule has 4 rings (SSSR count). The Kier molecular flexibility index (Phi) is 4.89. The van der Waals surface area contributed by atoms with Crippen molar-refractivity contribution in [2.24, 2.45) is 0 Å². The number of hydrogen-bond acceptors (Lipinski definition) is 5. The predicted octanol–water partition coefficient (Wildman–Crippen LogP) is 2.73. The van der Waals surface area contributed by atoms with Crippen molar-refractivity contribution in [1.29, 1.82) is 0 Å². The van der Waals surface area contributed by atoms with E-state index in [4.69, 9.17) is 0 Å². The lowest BCUT2D eigenvalue weighted by Gasteiger charge is -2.29. The number of thiazole rings is 1. The first-order valence-electron chi connectivity index (χ1n) is 9.39. The summed E-state index contributed by atoms with van der Waals surface area (Å²) in [6.07, 6.45) is 8.08. The normalized spacial score (nSPS) is 23.0. The molecule has 7 heteroatoms. The number of nitrogens with zero attached hydrogens (tertiary/aromatic N) is 3. The number of rotatable bonds is 5. The van der Waals surface area contributed by atoms with Gasteiger partial charge in [-0.3, -0.25) is 9.59 Å². The van der Waals surface area contributed by atoms with Crippen LogP contribution in [0.15, 0.2) is 23.1 Å². The lowest BCUT2D eigenvalue weighted by atomic mass is 9.91. The van der Waals surface area contributed by atoms with Gasteiger partial charge in [0.1, 0.15) is 0 Å². The number of amides is 1. The van der Waals surface area contributed by atoms with E-state index in [1.807, 2.05) is 13.0 Å². The van der Waals surface area contributed by atoms with Gasteiger partial charge in [-0.15, -0.1) is 11.3 Å². The number of carbonyl (C=O) groups is 1. The molecule has 1 N–H and O–H groups in total. The second-order valence-electron chi connectivity index (χ2n) is 7.41. The molecule has 0 spiro atoms. The van der Waals surface area contributed by atoms with Gasteiger partial charge in [0.15, 0.2) is 0 Å². The topological polar surface area (TPSA) is 76.9 Å². The first-order valence-corrected chi connectivity index (χ1v) is 10.2. The van der Waals surface area contributed by atoms with Crippen LogP contribution in [0.3, 0.4) is 0 Å². The van der Waals surface area contributed by atoms with Crippen LogP contribution in [-0.2, 0) is 11.2 Å². The van der Waals surface area contributed by atoms with Crippen molar-refractivity contribution >= 4 is 17.2 Å². The number of aromatic nitrogens is 3. The minimum Gasteiger partial charge on any atom is -0.353 e. The predicted molar refractivity (Wildman–Crippen MR) is 100 cm³/mol. The van der Waals surface area contributed by atoms with E-state index in [1.54, 1.807) is 28.3 Å². The Bertz CT molecular complexity index is 847. The van der Waals surface area contributed by atoms with E-state index < -0.39 is 0 Å². The van der Waals surface area contributed by atoms with Crippen molar-refractivity contribution in [2.45, 2.75) is 69.9 Å². The van der Waals surface area contributed by atoms with Crippen molar-refractivity contribution in [3.63, 3.8) is 0 Å². The van der Waals surface area contributed by atoms with Crippen LogP contribution < -0.4 is 10.9 Å². The zero-order valence-electron chi connectivity index (χ0n) is 15.0. The van der Waals surface area contributed by atoms with Crippen molar-refractivity contribution in [3.8, 4) is 0 Å². The summed E-state index contributed by atoms with van der Waals surface area (Å²) < 4.78 is 1.69. The highest BCUT2D eigenvalue weighted by Gasteiger charge is 2.28. The molecule has 1 amide bonds. The molecule has 26 heavy (non-hydrogen) atoms. The van der Waals surface area contributed by atoms with Crippen LogP contribution >= 0.6 is 11.3 Å². The molecule has 2 fully saturated rings. The summed E-state index contributed by atoms with van der Waals surface area (Å²) in [6, 6.07) is 3.88. The molecule has 2 aromatic heterocycles. The lowest BCUT2D eigenvalue weighted by Crippen LogP contribution is -2.40. The van der Waals surface area contributed by atoms with Crippen molar-refractivity contribution in [2.75, 3.05) is 0 Å². The monoisotopic (exact) mass is 372 g/mol. The van der Waals surface area contributed by atoms with E-state index in [-0.39, 0.29) is 23.6 Å². The smallest absolute Gasteiger partial charge is 0.267 e. The maximum absolute atomic E-state index is 12.2. The van der Waals surface area contributed by atoms with Gasteiger partial charge in [0.25, 0.3) is 5.56 Å². The second kappa shape index (κ2) is 7.31. The molecular formula is C19H24N4O2S.